The maximum Gasteiger partial charge on any atom is 0.194 e. The molecule has 110 valence electrons. The second-order valence-corrected chi connectivity index (χ2v) is 6.19. The van der Waals surface area contributed by atoms with Crippen molar-refractivity contribution < 1.29 is 4.74 Å². The minimum Gasteiger partial charge on any atom is -0.492 e. The summed E-state index contributed by atoms with van der Waals surface area (Å²) in [6.45, 7) is 6.45. The summed E-state index contributed by atoms with van der Waals surface area (Å²) in [4.78, 5) is 6.95. The molecule has 0 saturated carbocycles. The van der Waals surface area contributed by atoms with Crippen molar-refractivity contribution in [1.29, 1.82) is 0 Å². The van der Waals surface area contributed by atoms with Gasteiger partial charge in [0.2, 0.25) is 0 Å². The smallest absolute Gasteiger partial charge is 0.194 e. The van der Waals surface area contributed by atoms with Crippen molar-refractivity contribution in [2.24, 2.45) is 0 Å². The summed E-state index contributed by atoms with van der Waals surface area (Å²) in [6.07, 6.45) is 2.15. The van der Waals surface area contributed by atoms with E-state index in [0.29, 0.717) is 6.61 Å². The highest BCUT2D eigenvalue weighted by Gasteiger charge is 2.10. The molecule has 0 radical (unpaired) electrons. The number of aryl methyl sites for hydroxylation is 2. The molecule has 2 aromatic heterocycles. The monoisotopic (exact) mass is 301 g/mol. The summed E-state index contributed by atoms with van der Waals surface area (Å²) in [6, 6.07) is 9.89. The van der Waals surface area contributed by atoms with Crippen LogP contribution in [0.15, 0.2) is 36.5 Å². The molecular weight excluding hydrogens is 282 g/mol. The molecule has 1 aromatic carbocycles. The summed E-state index contributed by atoms with van der Waals surface area (Å²) < 4.78 is 7.85. The number of thiazole rings is 1. The molecule has 3 rings (SSSR count). The zero-order chi connectivity index (χ0) is 14.7. The number of imidazole rings is 1. The summed E-state index contributed by atoms with van der Waals surface area (Å²) in [5.74, 6) is 0.913. The van der Waals surface area contributed by atoms with Crippen molar-refractivity contribution in [2.45, 2.75) is 20.4 Å². The lowest BCUT2D eigenvalue weighted by atomic mass is 10.3. The van der Waals surface area contributed by atoms with Gasteiger partial charge in [0.15, 0.2) is 4.96 Å². The van der Waals surface area contributed by atoms with Gasteiger partial charge in [0.05, 0.1) is 11.4 Å². The molecule has 0 aliphatic carbocycles. The van der Waals surface area contributed by atoms with E-state index in [4.69, 9.17) is 4.74 Å². The lowest BCUT2D eigenvalue weighted by Gasteiger charge is -2.07. The standard InChI is InChI=1S/C16H19N3OS/c1-12-11-19-15(13(2)18-16(19)21-12)10-17-8-9-20-14-6-4-3-5-7-14/h3-7,11,17H,8-10H2,1-2H3. The van der Waals surface area contributed by atoms with Gasteiger partial charge >= 0.3 is 0 Å². The number of fused-ring (bicyclic) bond motifs is 1. The largest absolute Gasteiger partial charge is 0.492 e. The SMILES string of the molecule is Cc1cn2c(CNCCOc3ccccc3)c(C)nc2s1. The lowest BCUT2D eigenvalue weighted by Crippen LogP contribution is -2.21. The maximum absolute atomic E-state index is 5.66. The van der Waals surface area contributed by atoms with E-state index in [0.717, 1.165) is 29.5 Å². The van der Waals surface area contributed by atoms with Gasteiger partial charge in [0.1, 0.15) is 12.4 Å². The molecule has 5 heteroatoms. The first kappa shape index (κ1) is 14.1. The van der Waals surface area contributed by atoms with Crippen LogP contribution in [0.5, 0.6) is 5.75 Å². The van der Waals surface area contributed by atoms with Gasteiger partial charge in [-0.1, -0.05) is 18.2 Å². The molecule has 21 heavy (non-hydrogen) atoms. The van der Waals surface area contributed by atoms with Gasteiger partial charge in [0.25, 0.3) is 0 Å². The van der Waals surface area contributed by atoms with Gasteiger partial charge < -0.3 is 10.1 Å². The van der Waals surface area contributed by atoms with E-state index in [9.17, 15) is 0 Å². The lowest BCUT2D eigenvalue weighted by molar-refractivity contribution is 0.313. The number of para-hydroxylation sites is 1. The van der Waals surface area contributed by atoms with Gasteiger partial charge in [-0.15, -0.1) is 11.3 Å². The predicted molar refractivity (Wildman–Crippen MR) is 86.2 cm³/mol. The second kappa shape index (κ2) is 6.28. The summed E-state index contributed by atoms with van der Waals surface area (Å²) >= 11 is 1.73. The minimum absolute atomic E-state index is 0.660. The van der Waals surface area contributed by atoms with Gasteiger partial charge in [-0.05, 0) is 26.0 Å². The summed E-state index contributed by atoms with van der Waals surface area (Å²) in [5, 5.41) is 3.42. The van der Waals surface area contributed by atoms with Crippen LogP contribution in [0.4, 0.5) is 0 Å². The Balaban J connectivity index is 1.51. The fourth-order valence-corrected chi connectivity index (χ4v) is 3.18. The molecule has 0 amide bonds. The van der Waals surface area contributed by atoms with Crippen LogP contribution < -0.4 is 10.1 Å². The molecule has 1 N–H and O–H groups in total. The molecule has 0 spiro atoms. The Labute approximate surface area is 128 Å². The Hall–Kier alpha value is -1.85. The fourth-order valence-electron chi connectivity index (χ4n) is 2.29. The number of nitrogens with zero attached hydrogens (tertiary/aromatic N) is 2. The van der Waals surface area contributed by atoms with Crippen LogP contribution >= 0.6 is 11.3 Å². The van der Waals surface area contributed by atoms with Crippen LogP contribution in [0, 0.1) is 13.8 Å². The minimum atomic E-state index is 0.660. The van der Waals surface area contributed by atoms with Crippen molar-refractivity contribution in [1.82, 2.24) is 14.7 Å². The Bertz CT molecular complexity index is 718. The highest BCUT2D eigenvalue weighted by atomic mass is 32.1. The first-order valence-corrected chi connectivity index (χ1v) is 7.88. The molecule has 0 aliphatic heterocycles. The number of rotatable bonds is 6. The van der Waals surface area contributed by atoms with Gasteiger partial charge in [-0.2, -0.15) is 0 Å². The number of ether oxygens (including phenoxy) is 1. The first-order valence-electron chi connectivity index (χ1n) is 7.06. The Morgan fingerprint density at radius 3 is 2.86 bits per heavy atom. The average Bonchev–Trinajstić information content (AvgIpc) is 2.96. The maximum atomic E-state index is 5.66. The van der Waals surface area contributed by atoms with E-state index < -0.39 is 0 Å². The van der Waals surface area contributed by atoms with Gasteiger partial charge in [-0.25, -0.2) is 4.98 Å². The zero-order valence-electron chi connectivity index (χ0n) is 12.3. The third-order valence-electron chi connectivity index (χ3n) is 3.32. The van der Waals surface area contributed by atoms with E-state index in [-0.39, 0.29) is 0 Å². The Morgan fingerprint density at radius 1 is 1.24 bits per heavy atom. The Morgan fingerprint density at radius 2 is 2.05 bits per heavy atom. The van der Waals surface area contributed by atoms with Crippen LogP contribution in [0.1, 0.15) is 16.3 Å². The summed E-state index contributed by atoms with van der Waals surface area (Å²) in [5.41, 5.74) is 2.33. The fraction of sp³-hybridized carbons (Fsp3) is 0.312. The van der Waals surface area contributed by atoms with E-state index in [2.05, 4.69) is 34.7 Å². The van der Waals surface area contributed by atoms with Gasteiger partial charge in [0, 0.05) is 24.2 Å². The molecule has 0 bridgehead atoms. The summed E-state index contributed by atoms with van der Waals surface area (Å²) in [7, 11) is 0. The van der Waals surface area contributed by atoms with Crippen LogP contribution in [-0.2, 0) is 6.54 Å². The molecular formula is C16H19N3OS. The number of hydrogen-bond acceptors (Lipinski definition) is 4. The average molecular weight is 301 g/mol. The van der Waals surface area contributed by atoms with Crippen LogP contribution in [0.3, 0.4) is 0 Å². The van der Waals surface area contributed by atoms with Crippen molar-refractivity contribution in [3.8, 4) is 5.75 Å². The van der Waals surface area contributed by atoms with Gasteiger partial charge in [-0.3, -0.25) is 4.40 Å². The topological polar surface area (TPSA) is 38.6 Å². The van der Waals surface area contributed by atoms with Crippen molar-refractivity contribution in [3.05, 3.63) is 52.8 Å². The number of aromatic nitrogens is 2. The quantitative estimate of drug-likeness (QED) is 0.711. The van der Waals surface area contributed by atoms with Crippen molar-refractivity contribution in [2.75, 3.05) is 13.2 Å². The van der Waals surface area contributed by atoms with Crippen molar-refractivity contribution >= 4 is 16.3 Å². The number of hydrogen-bond donors (Lipinski definition) is 1. The number of nitrogens with one attached hydrogen (secondary N) is 1. The molecule has 0 fully saturated rings. The van der Waals surface area contributed by atoms with E-state index in [1.807, 2.05) is 30.3 Å². The highest BCUT2D eigenvalue weighted by Crippen LogP contribution is 2.20. The first-order chi connectivity index (χ1) is 10.2. The molecule has 0 unspecified atom stereocenters. The molecule has 4 nitrogen and oxygen atoms in total. The normalized spacial score (nSPS) is 11.1. The van der Waals surface area contributed by atoms with Crippen LogP contribution in [-0.4, -0.2) is 22.5 Å². The Kier molecular flexibility index (Phi) is 4.22. The molecule has 0 atom stereocenters. The van der Waals surface area contributed by atoms with Crippen molar-refractivity contribution in [3.63, 3.8) is 0 Å². The van der Waals surface area contributed by atoms with Crippen LogP contribution in [0.25, 0.3) is 4.96 Å². The third kappa shape index (κ3) is 3.25. The predicted octanol–water partition coefficient (Wildman–Crippen LogP) is 3.18. The van der Waals surface area contributed by atoms with Crippen LogP contribution in [0.2, 0.25) is 0 Å². The van der Waals surface area contributed by atoms with E-state index in [1.165, 1.54) is 10.6 Å². The molecule has 0 saturated heterocycles. The highest BCUT2D eigenvalue weighted by molar-refractivity contribution is 7.17. The molecule has 2 heterocycles. The zero-order valence-corrected chi connectivity index (χ0v) is 13.1. The second-order valence-electron chi connectivity index (χ2n) is 4.98. The molecule has 3 aromatic rings. The van der Waals surface area contributed by atoms with E-state index >= 15 is 0 Å². The third-order valence-corrected chi connectivity index (χ3v) is 4.22. The van der Waals surface area contributed by atoms with E-state index in [1.54, 1.807) is 11.3 Å². The molecule has 0 aliphatic rings. The number of benzene rings is 1.